The lowest BCUT2D eigenvalue weighted by Gasteiger charge is -2.26. The molecule has 1 saturated heterocycles. The molecule has 1 aromatic carbocycles. The van der Waals surface area contributed by atoms with E-state index in [-0.39, 0.29) is 0 Å². The fourth-order valence-electron chi connectivity index (χ4n) is 3.51. The molecule has 1 fully saturated rings. The van der Waals surface area contributed by atoms with Crippen molar-refractivity contribution in [3.8, 4) is 11.1 Å². The Bertz CT molecular complexity index is 813. The highest BCUT2D eigenvalue weighted by molar-refractivity contribution is 5.78. The van der Waals surface area contributed by atoms with E-state index in [4.69, 9.17) is 0 Å². The summed E-state index contributed by atoms with van der Waals surface area (Å²) in [6, 6.07) is 11.0. The standard InChI is InChI=1S/C20H24N4/c1-15-22-19-13-18(14-21-20(19)23-15)17-7-5-16(6-8-17)9-12-24-10-3-2-4-11-24/h5-8,13-14H,2-4,9-12H2,1H3,(H,21,22,23). The summed E-state index contributed by atoms with van der Waals surface area (Å²) in [5.41, 5.74) is 5.54. The van der Waals surface area contributed by atoms with Crippen LogP contribution in [0.15, 0.2) is 36.5 Å². The zero-order valence-electron chi connectivity index (χ0n) is 14.3. The van der Waals surface area contributed by atoms with Crippen LogP contribution < -0.4 is 0 Å². The van der Waals surface area contributed by atoms with Crippen LogP contribution in [0.3, 0.4) is 0 Å². The van der Waals surface area contributed by atoms with E-state index in [1.54, 1.807) is 0 Å². The number of nitrogens with zero attached hydrogens (tertiary/aromatic N) is 3. The SMILES string of the molecule is Cc1nc2ncc(-c3ccc(CCN4CCCCC4)cc3)cc2[nH]1. The van der Waals surface area contributed by atoms with E-state index < -0.39 is 0 Å². The summed E-state index contributed by atoms with van der Waals surface area (Å²) < 4.78 is 0. The normalized spacial score (nSPS) is 15.9. The number of aryl methyl sites for hydroxylation is 1. The maximum atomic E-state index is 4.45. The Kier molecular flexibility index (Phi) is 4.30. The van der Waals surface area contributed by atoms with Crippen molar-refractivity contribution in [2.75, 3.05) is 19.6 Å². The Hall–Kier alpha value is -2.20. The number of rotatable bonds is 4. The largest absolute Gasteiger partial charge is 0.341 e. The molecule has 3 aromatic rings. The molecule has 2 aromatic heterocycles. The van der Waals surface area contributed by atoms with Gasteiger partial charge in [0, 0.05) is 18.3 Å². The van der Waals surface area contributed by atoms with Crippen molar-refractivity contribution in [2.24, 2.45) is 0 Å². The van der Waals surface area contributed by atoms with Gasteiger partial charge in [0.15, 0.2) is 5.65 Å². The first-order valence-corrected chi connectivity index (χ1v) is 8.92. The van der Waals surface area contributed by atoms with E-state index in [1.165, 1.54) is 50.0 Å². The zero-order chi connectivity index (χ0) is 16.4. The number of pyridine rings is 1. The molecule has 3 heterocycles. The zero-order valence-corrected chi connectivity index (χ0v) is 14.3. The predicted octanol–water partition coefficient (Wildman–Crippen LogP) is 3.96. The molecular formula is C20H24N4. The predicted molar refractivity (Wildman–Crippen MR) is 98.1 cm³/mol. The molecule has 0 amide bonds. The highest BCUT2D eigenvalue weighted by Crippen LogP contribution is 2.22. The van der Waals surface area contributed by atoms with Crippen LogP contribution in [0.25, 0.3) is 22.3 Å². The van der Waals surface area contributed by atoms with Gasteiger partial charge in [-0.2, -0.15) is 0 Å². The van der Waals surface area contributed by atoms with Crippen molar-refractivity contribution < 1.29 is 0 Å². The lowest BCUT2D eigenvalue weighted by atomic mass is 10.0. The molecule has 0 atom stereocenters. The van der Waals surface area contributed by atoms with Crippen molar-refractivity contribution in [3.05, 3.63) is 47.9 Å². The van der Waals surface area contributed by atoms with Gasteiger partial charge in [0.25, 0.3) is 0 Å². The van der Waals surface area contributed by atoms with E-state index in [2.05, 4.69) is 50.2 Å². The van der Waals surface area contributed by atoms with Crippen LogP contribution in [0.5, 0.6) is 0 Å². The Morgan fingerprint density at radius 1 is 1.04 bits per heavy atom. The minimum atomic E-state index is 0.786. The smallest absolute Gasteiger partial charge is 0.177 e. The van der Waals surface area contributed by atoms with E-state index in [9.17, 15) is 0 Å². The van der Waals surface area contributed by atoms with Crippen molar-refractivity contribution in [1.29, 1.82) is 0 Å². The van der Waals surface area contributed by atoms with Gasteiger partial charge in [0.1, 0.15) is 5.82 Å². The molecule has 1 N–H and O–H groups in total. The van der Waals surface area contributed by atoms with Gasteiger partial charge in [-0.15, -0.1) is 0 Å². The fraction of sp³-hybridized carbons (Fsp3) is 0.400. The molecule has 1 aliphatic heterocycles. The van der Waals surface area contributed by atoms with Crippen molar-refractivity contribution in [1.82, 2.24) is 19.9 Å². The summed E-state index contributed by atoms with van der Waals surface area (Å²) in [6.45, 7) is 5.68. The van der Waals surface area contributed by atoms with Crippen LogP contribution in [0, 0.1) is 6.92 Å². The number of benzene rings is 1. The second-order valence-corrected chi connectivity index (χ2v) is 6.77. The van der Waals surface area contributed by atoms with Crippen LogP contribution in [-0.2, 0) is 6.42 Å². The number of hydrogen-bond donors (Lipinski definition) is 1. The third-order valence-electron chi connectivity index (χ3n) is 4.91. The first-order chi connectivity index (χ1) is 11.8. The Morgan fingerprint density at radius 3 is 2.62 bits per heavy atom. The second kappa shape index (κ2) is 6.73. The lowest BCUT2D eigenvalue weighted by molar-refractivity contribution is 0.231. The number of likely N-dealkylation sites (tertiary alicyclic amines) is 1. The highest BCUT2D eigenvalue weighted by Gasteiger charge is 2.10. The van der Waals surface area contributed by atoms with Gasteiger partial charge in [-0.05, 0) is 56.5 Å². The van der Waals surface area contributed by atoms with Crippen molar-refractivity contribution in [2.45, 2.75) is 32.6 Å². The van der Waals surface area contributed by atoms with Crippen LogP contribution in [0.4, 0.5) is 0 Å². The minimum Gasteiger partial charge on any atom is -0.341 e. The molecule has 24 heavy (non-hydrogen) atoms. The van der Waals surface area contributed by atoms with E-state index in [0.29, 0.717) is 0 Å². The summed E-state index contributed by atoms with van der Waals surface area (Å²) in [7, 11) is 0. The van der Waals surface area contributed by atoms with Gasteiger partial charge in [-0.1, -0.05) is 30.7 Å². The van der Waals surface area contributed by atoms with Crippen LogP contribution in [0.2, 0.25) is 0 Å². The number of nitrogens with one attached hydrogen (secondary N) is 1. The average molecular weight is 320 g/mol. The summed E-state index contributed by atoms with van der Waals surface area (Å²) in [6.07, 6.45) is 7.17. The number of fused-ring (bicyclic) bond motifs is 1. The van der Waals surface area contributed by atoms with Crippen molar-refractivity contribution in [3.63, 3.8) is 0 Å². The number of imidazole rings is 1. The minimum absolute atomic E-state index is 0.786. The number of aromatic nitrogens is 3. The van der Waals surface area contributed by atoms with Crippen molar-refractivity contribution >= 4 is 11.2 Å². The van der Waals surface area contributed by atoms with Crippen LogP contribution in [-0.4, -0.2) is 39.5 Å². The number of piperidine rings is 1. The number of H-pyrrole nitrogens is 1. The monoisotopic (exact) mass is 320 g/mol. The first kappa shape index (κ1) is 15.3. The molecule has 0 bridgehead atoms. The summed E-state index contributed by atoms with van der Waals surface area (Å²) in [5, 5.41) is 0. The molecular weight excluding hydrogens is 296 g/mol. The summed E-state index contributed by atoms with van der Waals surface area (Å²) in [4.78, 5) is 14.7. The highest BCUT2D eigenvalue weighted by atomic mass is 15.1. The topological polar surface area (TPSA) is 44.8 Å². The fourth-order valence-corrected chi connectivity index (χ4v) is 3.51. The molecule has 0 unspecified atom stereocenters. The summed E-state index contributed by atoms with van der Waals surface area (Å²) in [5.74, 6) is 0.905. The average Bonchev–Trinajstić information content (AvgIpc) is 3.00. The Morgan fingerprint density at radius 2 is 1.83 bits per heavy atom. The molecule has 0 radical (unpaired) electrons. The number of aromatic amines is 1. The van der Waals surface area contributed by atoms with Gasteiger partial charge in [0.2, 0.25) is 0 Å². The second-order valence-electron chi connectivity index (χ2n) is 6.77. The molecule has 4 rings (SSSR count). The first-order valence-electron chi connectivity index (χ1n) is 8.92. The Labute approximate surface area is 142 Å². The summed E-state index contributed by atoms with van der Waals surface area (Å²) >= 11 is 0. The molecule has 1 aliphatic rings. The number of hydrogen-bond acceptors (Lipinski definition) is 3. The Balaban J connectivity index is 1.45. The third-order valence-corrected chi connectivity index (χ3v) is 4.91. The van der Waals surface area contributed by atoms with Crippen LogP contribution in [0.1, 0.15) is 30.7 Å². The van der Waals surface area contributed by atoms with E-state index >= 15 is 0 Å². The van der Waals surface area contributed by atoms with Gasteiger partial charge >= 0.3 is 0 Å². The molecule has 0 saturated carbocycles. The van der Waals surface area contributed by atoms with E-state index in [1.807, 2.05) is 13.1 Å². The molecule has 124 valence electrons. The molecule has 0 aliphatic carbocycles. The molecule has 0 spiro atoms. The quantitative estimate of drug-likeness (QED) is 0.791. The molecule has 4 nitrogen and oxygen atoms in total. The maximum absolute atomic E-state index is 4.45. The van der Waals surface area contributed by atoms with Crippen LogP contribution >= 0.6 is 0 Å². The van der Waals surface area contributed by atoms with Gasteiger partial charge in [-0.3, -0.25) is 0 Å². The third kappa shape index (κ3) is 3.34. The lowest BCUT2D eigenvalue weighted by Crippen LogP contribution is -2.31. The van der Waals surface area contributed by atoms with Gasteiger partial charge in [-0.25, -0.2) is 9.97 Å². The van der Waals surface area contributed by atoms with Gasteiger partial charge in [0.05, 0.1) is 5.52 Å². The van der Waals surface area contributed by atoms with E-state index in [0.717, 1.165) is 29.0 Å². The van der Waals surface area contributed by atoms with Gasteiger partial charge < -0.3 is 9.88 Å². The molecule has 4 heteroatoms. The maximum Gasteiger partial charge on any atom is 0.177 e.